The molecule has 172 valence electrons. The number of phenols is 2. The molecule has 9 heteroatoms. The van der Waals surface area contributed by atoms with Gasteiger partial charge in [-0.2, -0.15) is 0 Å². The molecule has 2 aromatic heterocycles. The van der Waals surface area contributed by atoms with Crippen molar-refractivity contribution in [2.24, 2.45) is 0 Å². The maximum atomic E-state index is 11.5. The SMILES string of the molecule is CCCCc1nc2c(N)nc3cc(CNC(=O)CCl)ccc3c2n1Cc1cccc(O)c1O. The van der Waals surface area contributed by atoms with Crippen molar-refractivity contribution in [1.29, 1.82) is 0 Å². The van der Waals surface area contributed by atoms with Gasteiger partial charge in [0.25, 0.3) is 0 Å². The fraction of sp³-hybridized carbons (Fsp3) is 0.292. The summed E-state index contributed by atoms with van der Waals surface area (Å²) in [5.74, 6) is 0.501. The topological polar surface area (TPSA) is 126 Å². The van der Waals surface area contributed by atoms with Crippen molar-refractivity contribution in [3.8, 4) is 11.5 Å². The molecule has 5 N–H and O–H groups in total. The van der Waals surface area contributed by atoms with Crippen molar-refractivity contribution >= 4 is 45.3 Å². The summed E-state index contributed by atoms with van der Waals surface area (Å²) < 4.78 is 2.04. The van der Waals surface area contributed by atoms with Gasteiger partial charge in [-0.25, -0.2) is 9.97 Å². The third-order valence-electron chi connectivity index (χ3n) is 5.64. The van der Waals surface area contributed by atoms with Crippen molar-refractivity contribution in [3.05, 3.63) is 53.3 Å². The fourth-order valence-corrected chi connectivity index (χ4v) is 4.03. The van der Waals surface area contributed by atoms with Gasteiger partial charge in [0.1, 0.15) is 17.2 Å². The van der Waals surface area contributed by atoms with E-state index in [1.54, 1.807) is 12.1 Å². The number of nitrogens with two attached hydrogens (primary N) is 1. The maximum Gasteiger partial charge on any atom is 0.235 e. The number of anilines is 1. The number of nitrogens with zero attached hydrogens (tertiary/aromatic N) is 3. The first kappa shape index (κ1) is 22.7. The van der Waals surface area contributed by atoms with Crippen LogP contribution in [0.15, 0.2) is 36.4 Å². The molecule has 0 fully saturated rings. The lowest BCUT2D eigenvalue weighted by atomic mass is 10.1. The molecule has 0 aliphatic heterocycles. The van der Waals surface area contributed by atoms with Crippen LogP contribution < -0.4 is 11.1 Å². The molecule has 0 atom stereocenters. The Morgan fingerprint density at radius 1 is 1.21 bits per heavy atom. The van der Waals surface area contributed by atoms with Crippen molar-refractivity contribution < 1.29 is 15.0 Å². The normalized spacial score (nSPS) is 11.3. The highest BCUT2D eigenvalue weighted by molar-refractivity contribution is 6.27. The van der Waals surface area contributed by atoms with Gasteiger partial charge in [-0.3, -0.25) is 4.79 Å². The van der Waals surface area contributed by atoms with Gasteiger partial charge in [0.2, 0.25) is 5.91 Å². The number of aromatic hydroxyl groups is 2. The van der Waals surface area contributed by atoms with Crippen LogP contribution in [0.25, 0.3) is 21.9 Å². The number of benzene rings is 2. The van der Waals surface area contributed by atoms with Crippen LogP contribution in [0, 0.1) is 0 Å². The van der Waals surface area contributed by atoms with E-state index in [0.29, 0.717) is 35.5 Å². The van der Waals surface area contributed by atoms with E-state index >= 15 is 0 Å². The first-order chi connectivity index (χ1) is 15.9. The van der Waals surface area contributed by atoms with Crippen LogP contribution in [0.3, 0.4) is 0 Å². The number of fused-ring (bicyclic) bond motifs is 3. The Bertz CT molecular complexity index is 1340. The minimum Gasteiger partial charge on any atom is -0.504 e. The number of para-hydroxylation sites is 1. The number of aromatic nitrogens is 3. The van der Waals surface area contributed by atoms with Crippen molar-refractivity contribution in [1.82, 2.24) is 19.9 Å². The van der Waals surface area contributed by atoms with E-state index in [0.717, 1.165) is 41.6 Å². The smallest absolute Gasteiger partial charge is 0.235 e. The van der Waals surface area contributed by atoms with E-state index in [2.05, 4.69) is 17.2 Å². The zero-order chi connectivity index (χ0) is 23.5. The highest BCUT2D eigenvalue weighted by Crippen LogP contribution is 2.33. The number of phenolic OH excluding ortho intramolecular Hbond substituents is 2. The molecule has 2 heterocycles. The van der Waals surface area contributed by atoms with Crippen molar-refractivity contribution in [2.45, 2.75) is 39.3 Å². The first-order valence-electron chi connectivity index (χ1n) is 10.8. The lowest BCUT2D eigenvalue weighted by Crippen LogP contribution is -2.23. The highest BCUT2D eigenvalue weighted by atomic mass is 35.5. The molecule has 2 aromatic carbocycles. The number of nitrogens with one attached hydrogen (secondary N) is 1. The summed E-state index contributed by atoms with van der Waals surface area (Å²) in [5, 5.41) is 24.0. The number of pyridine rings is 1. The minimum atomic E-state index is -0.246. The third-order valence-corrected chi connectivity index (χ3v) is 5.88. The molecule has 4 aromatic rings. The van der Waals surface area contributed by atoms with E-state index in [1.165, 1.54) is 6.07 Å². The fourth-order valence-electron chi connectivity index (χ4n) is 3.93. The van der Waals surface area contributed by atoms with Gasteiger partial charge in [0.05, 0.1) is 17.6 Å². The van der Waals surface area contributed by atoms with Gasteiger partial charge in [-0.1, -0.05) is 37.6 Å². The predicted molar refractivity (Wildman–Crippen MR) is 129 cm³/mol. The Balaban J connectivity index is 1.87. The number of alkyl halides is 1. The number of carbonyl (C=O) groups excluding carboxylic acids is 1. The molecule has 0 saturated heterocycles. The molecule has 0 aliphatic rings. The number of hydrogen-bond acceptors (Lipinski definition) is 6. The summed E-state index contributed by atoms with van der Waals surface area (Å²) in [5.41, 5.74) is 9.87. The molecule has 4 rings (SSSR count). The van der Waals surface area contributed by atoms with E-state index in [9.17, 15) is 15.0 Å². The highest BCUT2D eigenvalue weighted by Gasteiger charge is 2.19. The van der Waals surface area contributed by atoms with E-state index in [-0.39, 0.29) is 23.3 Å². The van der Waals surface area contributed by atoms with Crippen LogP contribution in [0.4, 0.5) is 5.82 Å². The predicted octanol–water partition coefficient (Wildman–Crippen LogP) is 3.82. The number of imidazole rings is 1. The molecule has 0 aliphatic carbocycles. The summed E-state index contributed by atoms with van der Waals surface area (Å²) in [7, 11) is 0. The van der Waals surface area contributed by atoms with Crippen LogP contribution in [0.5, 0.6) is 11.5 Å². The average Bonchev–Trinajstić information content (AvgIpc) is 3.17. The maximum absolute atomic E-state index is 11.5. The third kappa shape index (κ3) is 4.52. The number of halogens is 1. The van der Waals surface area contributed by atoms with Crippen LogP contribution in [0.1, 0.15) is 36.7 Å². The van der Waals surface area contributed by atoms with Crippen LogP contribution in [-0.2, 0) is 24.3 Å². The summed E-state index contributed by atoms with van der Waals surface area (Å²) >= 11 is 5.56. The molecule has 0 spiro atoms. The van der Waals surface area contributed by atoms with E-state index < -0.39 is 0 Å². The van der Waals surface area contributed by atoms with E-state index in [4.69, 9.17) is 22.3 Å². The molecule has 0 radical (unpaired) electrons. The second-order valence-corrected chi connectivity index (χ2v) is 8.23. The van der Waals surface area contributed by atoms with Crippen molar-refractivity contribution in [2.75, 3.05) is 11.6 Å². The van der Waals surface area contributed by atoms with Gasteiger partial charge in [-0.15, -0.1) is 11.6 Å². The van der Waals surface area contributed by atoms with Gasteiger partial charge in [0, 0.05) is 23.9 Å². The molecular formula is C24H26ClN5O3. The summed E-state index contributed by atoms with van der Waals surface area (Å²) in [6, 6.07) is 10.7. The van der Waals surface area contributed by atoms with Crippen molar-refractivity contribution in [3.63, 3.8) is 0 Å². The second-order valence-electron chi connectivity index (χ2n) is 7.96. The minimum absolute atomic E-state index is 0.0962. The number of aryl methyl sites for hydroxylation is 1. The second kappa shape index (κ2) is 9.54. The lowest BCUT2D eigenvalue weighted by Gasteiger charge is -2.13. The summed E-state index contributed by atoms with van der Waals surface area (Å²) in [4.78, 5) is 20.9. The Kier molecular flexibility index (Phi) is 6.55. The summed E-state index contributed by atoms with van der Waals surface area (Å²) in [6.45, 7) is 2.77. The first-order valence-corrected chi connectivity index (χ1v) is 11.4. The molecule has 0 unspecified atom stereocenters. The molecule has 8 nitrogen and oxygen atoms in total. The van der Waals surface area contributed by atoms with Gasteiger partial charge < -0.3 is 25.8 Å². The Hall–Kier alpha value is -3.52. The number of rotatable bonds is 8. The van der Waals surface area contributed by atoms with Crippen LogP contribution in [-0.4, -0.2) is 36.5 Å². The van der Waals surface area contributed by atoms with Crippen LogP contribution >= 0.6 is 11.6 Å². The number of carbonyl (C=O) groups is 1. The molecule has 0 bridgehead atoms. The van der Waals surface area contributed by atoms with Crippen LogP contribution in [0.2, 0.25) is 0 Å². The zero-order valence-electron chi connectivity index (χ0n) is 18.3. The average molecular weight is 468 g/mol. The Morgan fingerprint density at radius 2 is 2.03 bits per heavy atom. The van der Waals surface area contributed by atoms with Gasteiger partial charge >= 0.3 is 0 Å². The number of hydrogen-bond donors (Lipinski definition) is 4. The molecule has 0 saturated carbocycles. The summed E-state index contributed by atoms with van der Waals surface area (Å²) in [6.07, 6.45) is 2.70. The lowest BCUT2D eigenvalue weighted by molar-refractivity contribution is -0.118. The monoisotopic (exact) mass is 467 g/mol. The Morgan fingerprint density at radius 3 is 2.79 bits per heavy atom. The Labute approximate surface area is 196 Å². The van der Waals surface area contributed by atoms with E-state index in [1.807, 2.05) is 22.8 Å². The molecule has 33 heavy (non-hydrogen) atoms. The molecular weight excluding hydrogens is 442 g/mol. The molecule has 1 amide bonds. The van der Waals surface area contributed by atoms with Gasteiger partial charge in [-0.05, 0) is 24.1 Å². The number of unbranched alkanes of at least 4 members (excludes halogenated alkanes) is 1. The van der Waals surface area contributed by atoms with Gasteiger partial charge in [0.15, 0.2) is 17.3 Å². The number of nitrogen functional groups attached to an aromatic ring is 1. The number of amides is 1. The zero-order valence-corrected chi connectivity index (χ0v) is 19.1. The largest absolute Gasteiger partial charge is 0.504 e. The standard InChI is InChI=1S/C24H26ClN5O3/c1-2-3-7-19-29-21-22(30(19)13-15-5-4-6-18(31)23(15)33)16-9-8-14(12-27-20(32)11-25)10-17(16)28-24(21)26/h4-6,8-10,31,33H,2-3,7,11-13H2,1H3,(H2,26,28)(H,27,32). The quantitative estimate of drug-likeness (QED) is 0.230.